The van der Waals surface area contributed by atoms with E-state index in [1.807, 2.05) is 0 Å². The topological polar surface area (TPSA) is 66.4 Å². The lowest BCUT2D eigenvalue weighted by molar-refractivity contribution is -0.143. The van der Waals surface area contributed by atoms with E-state index >= 15 is 0 Å². The average Bonchev–Trinajstić information content (AvgIpc) is 3.11. The standard InChI is InChI=1S/C13H21NO3/c15-12(7-9-1-2-9)14-8-10-3-5-11(6-4-10)13(16)17/h9-11H,1-8H2,(H,14,15)(H,16,17). The van der Waals surface area contributed by atoms with Crippen molar-refractivity contribution >= 4 is 11.9 Å². The van der Waals surface area contributed by atoms with Crippen LogP contribution in [0.3, 0.4) is 0 Å². The highest BCUT2D eigenvalue weighted by Crippen LogP contribution is 2.32. The molecule has 0 radical (unpaired) electrons. The zero-order valence-electron chi connectivity index (χ0n) is 10.2. The second-order valence-corrected chi connectivity index (χ2v) is 5.51. The molecule has 96 valence electrons. The van der Waals surface area contributed by atoms with Crippen LogP contribution in [0.5, 0.6) is 0 Å². The van der Waals surface area contributed by atoms with Gasteiger partial charge in [-0.15, -0.1) is 0 Å². The molecule has 4 heteroatoms. The van der Waals surface area contributed by atoms with Crippen molar-refractivity contribution in [1.29, 1.82) is 0 Å². The fraction of sp³-hybridized carbons (Fsp3) is 0.846. The minimum Gasteiger partial charge on any atom is -0.481 e. The highest BCUT2D eigenvalue weighted by molar-refractivity contribution is 5.76. The highest BCUT2D eigenvalue weighted by atomic mass is 16.4. The summed E-state index contributed by atoms with van der Waals surface area (Å²) in [6.45, 7) is 0.734. The first-order valence-electron chi connectivity index (χ1n) is 6.64. The van der Waals surface area contributed by atoms with Crippen LogP contribution >= 0.6 is 0 Å². The molecule has 2 N–H and O–H groups in total. The maximum Gasteiger partial charge on any atom is 0.306 e. The van der Waals surface area contributed by atoms with Gasteiger partial charge >= 0.3 is 5.97 Å². The molecule has 0 heterocycles. The van der Waals surface area contributed by atoms with Crippen molar-refractivity contribution in [1.82, 2.24) is 5.32 Å². The predicted octanol–water partition coefficient (Wildman–Crippen LogP) is 1.79. The number of carboxylic acids is 1. The van der Waals surface area contributed by atoms with Crippen LogP contribution < -0.4 is 5.32 Å². The van der Waals surface area contributed by atoms with Gasteiger partial charge in [0.1, 0.15) is 0 Å². The number of carbonyl (C=O) groups is 2. The SMILES string of the molecule is O=C(CC1CC1)NCC1CCC(C(=O)O)CC1. The molecular formula is C13H21NO3. The molecule has 17 heavy (non-hydrogen) atoms. The second kappa shape index (κ2) is 5.52. The number of amides is 1. The molecule has 0 aromatic heterocycles. The van der Waals surface area contributed by atoms with E-state index in [2.05, 4.69) is 5.32 Å². The Kier molecular flexibility index (Phi) is 4.02. The number of carboxylic acid groups (broad SMARTS) is 1. The molecule has 0 spiro atoms. The third kappa shape index (κ3) is 4.02. The van der Waals surface area contributed by atoms with Crippen LogP contribution in [-0.2, 0) is 9.59 Å². The Hall–Kier alpha value is -1.06. The molecule has 0 aliphatic heterocycles. The molecule has 0 atom stereocenters. The monoisotopic (exact) mass is 239 g/mol. The summed E-state index contributed by atoms with van der Waals surface area (Å²) in [4.78, 5) is 22.3. The lowest BCUT2D eigenvalue weighted by Crippen LogP contribution is -2.32. The van der Waals surface area contributed by atoms with E-state index in [4.69, 9.17) is 5.11 Å². The second-order valence-electron chi connectivity index (χ2n) is 5.51. The molecular weight excluding hydrogens is 218 g/mol. The molecule has 4 nitrogen and oxygen atoms in total. The Labute approximate surface area is 102 Å². The summed E-state index contributed by atoms with van der Waals surface area (Å²) in [6.07, 6.45) is 6.48. The number of nitrogens with one attached hydrogen (secondary N) is 1. The van der Waals surface area contributed by atoms with Crippen molar-refractivity contribution in [3.63, 3.8) is 0 Å². The Morgan fingerprint density at radius 1 is 1.00 bits per heavy atom. The third-order valence-corrected chi connectivity index (χ3v) is 3.95. The molecule has 0 aromatic carbocycles. The summed E-state index contributed by atoms with van der Waals surface area (Å²) in [5, 5.41) is 11.9. The zero-order chi connectivity index (χ0) is 12.3. The zero-order valence-corrected chi connectivity index (χ0v) is 10.2. The molecule has 2 aliphatic rings. The average molecular weight is 239 g/mol. The Balaban J connectivity index is 1.60. The minimum atomic E-state index is -0.666. The van der Waals surface area contributed by atoms with Crippen molar-refractivity contribution in [2.24, 2.45) is 17.8 Å². The van der Waals surface area contributed by atoms with E-state index < -0.39 is 5.97 Å². The number of hydrogen-bond donors (Lipinski definition) is 2. The van der Waals surface area contributed by atoms with Gasteiger partial charge in [-0.2, -0.15) is 0 Å². The molecule has 1 amide bonds. The first-order valence-corrected chi connectivity index (χ1v) is 6.64. The van der Waals surface area contributed by atoms with E-state index in [1.54, 1.807) is 0 Å². The normalized spacial score (nSPS) is 28.7. The predicted molar refractivity (Wildman–Crippen MR) is 63.4 cm³/mol. The van der Waals surface area contributed by atoms with Crippen molar-refractivity contribution in [2.75, 3.05) is 6.54 Å². The Morgan fingerprint density at radius 2 is 1.59 bits per heavy atom. The van der Waals surface area contributed by atoms with Crippen LogP contribution in [0, 0.1) is 17.8 Å². The van der Waals surface area contributed by atoms with Gasteiger partial charge in [-0.25, -0.2) is 0 Å². The largest absolute Gasteiger partial charge is 0.481 e. The molecule has 2 fully saturated rings. The van der Waals surface area contributed by atoms with E-state index in [0.29, 0.717) is 18.3 Å². The quantitative estimate of drug-likeness (QED) is 0.768. The van der Waals surface area contributed by atoms with Crippen LogP contribution in [0.2, 0.25) is 0 Å². The fourth-order valence-electron chi connectivity index (χ4n) is 2.53. The van der Waals surface area contributed by atoms with Gasteiger partial charge in [-0.05, 0) is 50.4 Å². The van der Waals surface area contributed by atoms with Crippen molar-refractivity contribution < 1.29 is 14.7 Å². The smallest absolute Gasteiger partial charge is 0.306 e. The lowest BCUT2D eigenvalue weighted by Gasteiger charge is -2.26. The molecule has 0 unspecified atom stereocenters. The summed E-state index contributed by atoms with van der Waals surface area (Å²) in [5.41, 5.74) is 0. The number of rotatable bonds is 5. The van der Waals surface area contributed by atoms with E-state index in [-0.39, 0.29) is 11.8 Å². The van der Waals surface area contributed by atoms with Crippen LogP contribution in [0.4, 0.5) is 0 Å². The molecule has 2 saturated carbocycles. The summed E-state index contributed by atoms with van der Waals surface area (Å²) in [5.74, 6) is 0.467. The summed E-state index contributed by atoms with van der Waals surface area (Å²) in [7, 11) is 0. The fourth-order valence-corrected chi connectivity index (χ4v) is 2.53. The summed E-state index contributed by atoms with van der Waals surface area (Å²) in [6, 6.07) is 0. The molecule has 2 aliphatic carbocycles. The van der Waals surface area contributed by atoms with Gasteiger partial charge in [0.2, 0.25) is 5.91 Å². The van der Waals surface area contributed by atoms with Crippen LogP contribution in [0.15, 0.2) is 0 Å². The van der Waals surface area contributed by atoms with Gasteiger partial charge in [0.25, 0.3) is 0 Å². The number of aliphatic carboxylic acids is 1. The van der Waals surface area contributed by atoms with E-state index in [9.17, 15) is 9.59 Å². The van der Waals surface area contributed by atoms with Gasteiger partial charge in [-0.1, -0.05) is 0 Å². The van der Waals surface area contributed by atoms with Crippen LogP contribution in [0.25, 0.3) is 0 Å². The van der Waals surface area contributed by atoms with Gasteiger partial charge < -0.3 is 10.4 Å². The van der Waals surface area contributed by atoms with Crippen LogP contribution in [0.1, 0.15) is 44.9 Å². The highest BCUT2D eigenvalue weighted by Gasteiger charge is 2.27. The van der Waals surface area contributed by atoms with Crippen molar-refractivity contribution in [2.45, 2.75) is 44.9 Å². The molecule has 0 bridgehead atoms. The third-order valence-electron chi connectivity index (χ3n) is 3.95. The summed E-state index contributed by atoms with van der Waals surface area (Å²) >= 11 is 0. The Bertz CT molecular complexity index is 291. The molecule has 2 rings (SSSR count). The maximum absolute atomic E-state index is 11.5. The van der Waals surface area contributed by atoms with Gasteiger partial charge in [0.05, 0.1) is 5.92 Å². The molecule has 0 aromatic rings. The number of hydrogen-bond acceptors (Lipinski definition) is 2. The number of carbonyl (C=O) groups excluding carboxylic acids is 1. The van der Waals surface area contributed by atoms with Crippen molar-refractivity contribution in [3.05, 3.63) is 0 Å². The maximum atomic E-state index is 11.5. The molecule has 0 saturated heterocycles. The van der Waals surface area contributed by atoms with E-state index in [1.165, 1.54) is 12.8 Å². The van der Waals surface area contributed by atoms with Crippen LogP contribution in [-0.4, -0.2) is 23.5 Å². The first-order chi connectivity index (χ1) is 8.15. The van der Waals surface area contributed by atoms with Gasteiger partial charge in [0, 0.05) is 13.0 Å². The van der Waals surface area contributed by atoms with Gasteiger partial charge in [0.15, 0.2) is 0 Å². The first kappa shape index (κ1) is 12.4. The lowest BCUT2D eigenvalue weighted by atomic mass is 9.82. The van der Waals surface area contributed by atoms with Gasteiger partial charge in [-0.3, -0.25) is 9.59 Å². The van der Waals surface area contributed by atoms with Crippen molar-refractivity contribution in [3.8, 4) is 0 Å². The minimum absolute atomic E-state index is 0.159. The van der Waals surface area contributed by atoms with E-state index in [0.717, 1.165) is 32.2 Å². The summed E-state index contributed by atoms with van der Waals surface area (Å²) < 4.78 is 0. The Morgan fingerprint density at radius 3 is 2.12 bits per heavy atom.